The Morgan fingerprint density at radius 3 is 2.07 bits per heavy atom. The van der Waals surface area contributed by atoms with Crippen LogP contribution >= 0.6 is 0 Å². The number of fused-ring (bicyclic) bond motifs is 1. The Bertz CT molecular complexity index is 1520. The van der Waals surface area contributed by atoms with Crippen LogP contribution in [0.15, 0.2) is 65.6 Å². The first-order valence-electron chi connectivity index (χ1n) is 16.0. The number of aryl methyl sites for hydroxylation is 1. The highest BCUT2D eigenvalue weighted by Crippen LogP contribution is 2.31. The Balaban J connectivity index is 1.37. The highest BCUT2D eigenvalue weighted by Gasteiger charge is 2.28. The Hall–Kier alpha value is -3.39. The number of hydrogen-bond donors (Lipinski definition) is 1. The molecule has 2 saturated heterocycles. The summed E-state index contributed by atoms with van der Waals surface area (Å²) in [4.78, 5) is 31.2. The van der Waals surface area contributed by atoms with Crippen molar-refractivity contribution in [3.63, 3.8) is 0 Å². The smallest absolute Gasteiger partial charge is 0.261 e. The highest BCUT2D eigenvalue weighted by atomic mass is 32.2. The van der Waals surface area contributed by atoms with E-state index in [0.29, 0.717) is 24.9 Å². The van der Waals surface area contributed by atoms with Crippen LogP contribution in [0.4, 0.5) is 5.69 Å². The van der Waals surface area contributed by atoms with Crippen molar-refractivity contribution in [2.75, 3.05) is 30.9 Å². The fourth-order valence-corrected chi connectivity index (χ4v) is 7.54. The van der Waals surface area contributed by atoms with E-state index in [1.54, 1.807) is 12.1 Å². The second kappa shape index (κ2) is 14.4. The van der Waals surface area contributed by atoms with E-state index in [1.807, 2.05) is 65.3 Å². The average molecular weight is 604 g/mol. The lowest BCUT2D eigenvalue weighted by atomic mass is 9.90. The van der Waals surface area contributed by atoms with Gasteiger partial charge < -0.3 is 9.80 Å². The number of benzene rings is 3. The molecule has 0 bridgehead atoms. The molecule has 1 unspecified atom stereocenters. The molecule has 0 spiro atoms. The largest absolute Gasteiger partial charge is 0.343 e. The van der Waals surface area contributed by atoms with Crippen molar-refractivity contribution >= 4 is 38.3 Å². The van der Waals surface area contributed by atoms with E-state index < -0.39 is 15.9 Å². The molecule has 1 atom stereocenters. The predicted molar refractivity (Wildman–Crippen MR) is 173 cm³/mol. The standard InChI is InChI=1S/C35H45N3O4S/c1-27-17-18-30(26-33(27)36-43(41,42)31-20-19-28-13-6-7-14-29(28)25-31)32(35(40)38-23-10-4-5-11-24-38)15-12-16-34(39)37-21-8-2-3-9-22-37/h6-7,13-14,17-20,25-26,32,36H,2-5,8-12,15-16,21-24H2,1H3. The maximum absolute atomic E-state index is 14.0. The molecule has 2 fully saturated rings. The van der Waals surface area contributed by atoms with Gasteiger partial charge in [0.15, 0.2) is 0 Å². The number of nitrogens with one attached hydrogen (secondary N) is 1. The molecule has 2 amide bonds. The molecule has 0 saturated carbocycles. The summed E-state index contributed by atoms with van der Waals surface area (Å²) < 4.78 is 29.8. The van der Waals surface area contributed by atoms with Crippen LogP contribution in [-0.4, -0.2) is 56.2 Å². The molecular weight excluding hydrogens is 558 g/mol. The van der Waals surface area contributed by atoms with E-state index in [2.05, 4.69) is 4.72 Å². The van der Waals surface area contributed by atoms with Crippen molar-refractivity contribution < 1.29 is 18.0 Å². The quantitative estimate of drug-likeness (QED) is 0.285. The third-order valence-corrected chi connectivity index (χ3v) is 10.4. The van der Waals surface area contributed by atoms with Gasteiger partial charge in [-0.1, -0.05) is 68.1 Å². The topological polar surface area (TPSA) is 86.8 Å². The second-order valence-electron chi connectivity index (χ2n) is 12.2. The van der Waals surface area contributed by atoms with E-state index in [0.717, 1.165) is 86.6 Å². The number of likely N-dealkylation sites (tertiary alicyclic amines) is 2. The minimum atomic E-state index is -3.85. The van der Waals surface area contributed by atoms with Crippen LogP contribution < -0.4 is 4.72 Å². The van der Waals surface area contributed by atoms with Gasteiger partial charge in [-0.2, -0.15) is 0 Å². The van der Waals surface area contributed by atoms with Crippen LogP contribution in [0, 0.1) is 6.92 Å². The van der Waals surface area contributed by atoms with Gasteiger partial charge in [-0.25, -0.2) is 8.42 Å². The third kappa shape index (κ3) is 7.96. The van der Waals surface area contributed by atoms with Crippen LogP contribution in [0.2, 0.25) is 0 Å². The number of rotatable bonds is 9. The van der Waals surface area contributed by atoms with Crippen molar-refractivity contribution in [2.24, 2.45) is 0 Å². The zero-order valence-electron chi connectivity index (χ0n) is 25.4. The van der Waals surface area contributed by atoms with Crippen LogP contribution in [-0.2, 0) is 19.6 Å². The number of carbonyl (C=O) groups is 2. The van der Waals surface area contributed by atoms with Crippen LogP contribution in [0.25, 0.3) is 10.8 Å². The molecule has 3 aromatic carbocycles. The fraction of sp³-hybridized carbons (Fsp3) is 0.486. The Morgan fingerprint density at radius 2 is 1.40 bits per heavy atom. The lowest BCUT2D eigenvalue weighted by Gasteiger charge is -2.27. The summed E-state index contributed by atoms with van der Waals surface area (Å²) in [6.07, 6.45) is 10.3. The lowest BCUT2D eigenvalue weighted by Crippen LogP contribution is -2.36. The van der Waals surface area contributed by atoms with Crippen LogP contribution in [0.1, 0.15) is 87.7 Å². The summed E-state index contributed by atoms with van der Waals surface area (Å²) in [5.41, 5.74) is 2.05. The number of sulfonamides is 1. The van der Waals surface area contributed by atoms with Gasteiger partial charge in [0.05, 0.1) is 16.5 Å². The average Bonchev–Trinajstić information content (AvgIpc) is 3.46. The van der Waals surface area contributed by atoms with E-state index in [9.17, 15) is 18.0 Å². The SMILES string of the molecule is Cc1ccc(C(CCCC(=O)N2CCCCCC2)C(=O)N2CCCCCC2)cc1NS(=O)(=O)c1ccc2ccccc2c1. The van der Waals surface area contributed by atoms with E-state index in [-0.39, 0.29) is 16.7 Å². The van der Waals surface area contributed by atoms with Crippen molar-refractivity contribution in [1.29, 1.82) is 0 Å². The molecule has 7 nitrogen and oxygen atoms in total. The molecule has 230 valence electrons. The molecule has 2 aliphatic rings. The number of carbonyl (C=O) groups excluding carboxylic acids is 2. The van der Waals surface area contributed by atoms with Crippen LogP contribution in [0.3, 0.4) is 0 Å². The number of nitrogens with zero attached hydrogens (tertiary/aromatic N) is 2. The van der Waals surface area contributed by atoms with E-state index in [4.69, 9.17) is 0 Å². The van der Waals surface area contributed by atoms with Gasteiger partial charge in [0.2, 0.25) is 11.8 Å². The summed E-state index contributed by atoms with van der Waals surface area (Å²) in [6, 6.07) is 18.5. The van der Waals surface area contributed by atoms with Gasteiger partial charge in [0.25, 0.3) is 10.0 Å². The van der Waals surface area contributed by atoms with Crippen LogP contribution in [0.5, 0.6) is 0 Å². The predicted octanol–water partition coefficient (Wildman–Crippen LogP) is 7.01. The zero-order chi connectivity index (χ0) is 30.2. The van der Waals surface area contributed by atoms with Gasteiger partial charge in [0.1, 0.15) is 0 Å². The molecular formula is C35H45N3O4S. The maximum atomic E-state index is 14.0. The minimum Gasteiger partial charge on any atom is -0.343 e. The summed E-state index contributed by atoms with van der Waals surface area (Å²) in [5, 5.41) is 1.83. The molecule has 8 heteroatoms. The first kappa shape index (κ1) is 31.0. The summed E-state index contributed by atoms with van der Waals surface area (Å²) in [5.74, 6) is -0.175. The van der Waals surface area contributed by atoms with Crippen molar-refractivity contribution in [3.8, 4) is 0 Å². The summed E-state index contributed by atoms with van der Waals surface area (Å²) in [6.45, 7) is 5.01. The second-order valence-corrected chi connectivity index (χ2v) is 13.9. The maximum Gasteiger partial charge on any atom is 0.261 e. The van der Waals surface area contributed by atoms with Crippen molar-refractivity contribution in [2.45, 2.75) is 88.4 Å². The van der Waals surface area contributed by atoms with Gasteiger partial charge in [-0.3, -0.25) is 14.3 Å². The normalized spacial score (nSPS) is 17.2. The first-order valence-corrected chi connectivity index (χ1v) is 17.5. The first-order chi connectivity index (χ1) is 20.8. The molecule has 3 aromatic rings. The fourth-order valence-electron chi connectivity index (χ4n) is 6.38. The molecule has 0 aliphatic carbocycles. The molecule has 1 N–H and O–H groups in total. The third-order valence-electron chi connectivity index (χ3n) is 9.00. The Labute approximate surface area is 256 Å². The van der Waals surface area contributed by atoms with Gasteiger partial charge in [0, 0.05) is 32.6 Å². The van der Waals surface area contributed by atoms with E-state index in [1.165, 1.54) is 12.8 Å². The number of hydrogen-bond acceptors (Lipinski definition) is 4. The molecule has 0 radical (unpaired) electrons. The highest BCUT2D eigenvalue weighted by molar-refractivity contribution is 7.92. The monoisotopic (exact) mass is 603 g/mol. The molecule has 5 rings (SSSR count). The molecule has 2 heterocycles. The minimum absolute atomic E-state index is 0.0799. The van der Waals surface area contributed by atoms with Crippen molar-refractivity contribution in [3.05, 3.63) is 71.8 Å². The van der Waals surface area contributed by atoms with Crippen molar-refractivity contribution in [1.82, 2.24) is 9.80 Å². The molecule has 43 heavy (non-hydrogen) atoms. The number of amides is 2. The summed E-state index contributed by atoms with van der Waals surface area (Å²) in [7, 11) is -3.85. The number of anilines is 1. The van der Waals surface area contributed by atoms with Gasteiger partial charge in [-0.05, 0) is 85.5 Å². The Kier molecular flexibility index (Phi) is 10.4. The molecule has 0 aromatic heterocycles. The Morgan fingerprint density at radius 1 is 0.767 bits per heavy atom. The lowest BCUT2D eigenvalue weighted by molar-refractivity contribution is -0.134. The van der Waals surface area contributed by atoms with Gasteiger partial charge in [-0.15, -0.1) is 0 Å². The zero-order valence-corrected chi connectivity index (χ0v) is 26.2. The van der Waals surface area contributed by atoms with Gasteiger partial charge >= 0.3 is 0 Å². The summed E-state index contributed by atoms with van der Waals surface area (Å²) >= 11 is 0. The molecule has 2 aliphatic heterocycles. The van der Waals surface area contributed by atoms with E-state index >= 15 is 0 Å².